The van der Waals surface area contributed by atoms with Crippen molar-refractivity contribution in [3.05, 3.63) is 35.9 Å². The number of benzene rings is 1. The third kappa shape index (κ3) is 3.78. The molecule has 1 saturated carbocycles. The van der Waals surface area contributed by atoms with Gasteiger partial charge in [0.15, 0.2) is 0 Å². The first-order valence-corrected chi connectivity index (χ1v) is 6.83. The molecule has 0 heterocycles. The molecule has 0 radical (unpaired) electrons. The van der Waals surface area contributed by atoms with Crippen LogP contribution in [0.15, 0.2) is 30.3 Å². The molecule has 1 aliphatic carbocycles. The molecule has 0 saturated heterocycles. The van der Waals surface area contributed by atoms with Crippen LogP contribution < -0.4 is 5.32 Å². The zero-order chi connectivity index (χ0) is 13.5. The topological polar surface area (TPSA) is 46.2 Å². The van der Waals surface area contributed by atoms with Crippen LogP contribution in [0.4, 0.5) is 5.69 Å². The third-order valence-electron chi connectivity index (χ3n) is 3.55. The molecule has 2 rings (SSSR count). The van der Waals surface area contributed by atoms with Gasteiger partial charge >= 0.3 is 0 Å². The lowest BCUT2D eigenvalue weighted by Gasteiger charge is -2.21. The van der Waals surface area contributed by atoms with Crippen molar-refractivity contribution in [3.8, 4) is 0 Å². The Bertz CT molecular complexity index is 473. The van der Waals surface area contributed by atoms with Crippen LogP contribution in [0.1, 0.15) is 37.7 Å². The van der Waals surface area contributed by atoms with Gasteiger partial charge in [-0.15, -0.1) is 0 Å². The van der Waals surface area contributed by atoms with E-state index in [2.05, 4.69) is 5.32 Å². The number of amides is 1. The molecular formula is C16H19NO2. The van der Waals surface area contributed by atoms with Gasteiger partial charge in [-0.2, -0.15) is 0 Å². The number of para-hydroxylation sites is 1. The van der Waals surface area contributed by atoms with Crippen molar-refractivity contribution in [3.63, 3.8) is 0 Å². The molecule has 0 spiro atoms. The largest absolute Gasteiger partial charge is 0.325 e. The highest BCUT2D eigenvalue weighted by Crippen LogP contribution is 2.26. The summed E-state index contributed by atoms with van der Waals surface area (Å²) in [4.78, 5) is 22.6. The molecule has 3 nitrogen and oxygen atoms in total. The summed E-state index contributed by atoms with van der Waals surface area (Å²) in [5, 5.41) is 2.98. The van der Waals surface area contributed by atoms with Crippen LogP contribution in [0.3, 0.4) is 0 Å². The maximum atomic E-state index is 12.2. The van der Waals surface area contributed by atoms with Gasteiger partial charge in [0.2, 0.25) is 5.91 Å². The Balaban J connectivity index is 2.07. The van der Waals surface area contributed by atoms with Gasteiger partial charge in [0.25, 0.3) is 0 Å². The number of aldehydes is 1. The van der Waals surface area contributed by atoms with Crippen molar-refractivity contribution in [2.45, 2.75) is 32.1 Å². The van der Waals surface area contributed by atoms with E-state index in [1.165, 1.54) is 12.5 Å². The number of carbonyl (C=O) groups excluding carboxylic acids is 2. The third-order valence-corrected chi connectivity index (χ3v) is 3.55. The Hall–Kier alpha value is -1.90. The second-order valence-corrected chi connectivity index (χ2v) is 4.91. The van der Waals surface area contributed by atoms with Crippen LogP contribution in [-0.4, -0.2) is 12.2 Å². The van der Waals surface area contributed by atoms with Crippen molar-refractivity contribution in [1.29, 1.82) is 0 Å². The van der Waals surface area contributed by atoms with E-state index < -0.39 is 0 Å². The van der Waals surface area contributed by atoms with Gasteiger partial charge in [0.05, 0.1) is 0 Å². The summed E-state index contributed by atoms with van der Waals surface area (Å²) in [6.45, 7) is 0. The highest BCUT2D eigenvalue weighted by Gasteiger charge is 2.21. The molecule has 1 amide bonds. The number of hydrogen-bond donors (Lipinski definition) is 1. The van der Waals surface area contributed by atoms with Gasteiger partial charge < -0.3 is 5.32 Å². The summed E-state index contributed by atoms with van der Waals surface area (Å²) in [6.07, 6.45) is 9.38. The van der Waals surface area contributed by atoms with Crippen LogP contribution in [0.25, 0.3) is 6.08 Å². The second-order valence-electron chi connectivity index (χ2n) is 4.91. The number of nitrogens with one attached hydrogen (secondary N) is 1. The van der Waals surface area contributed by atoms with Gasteiger partial charge in [0.1, 0.15) is 6.29 Å². The zero-order valence-corrected chi connectivity index (χ0v) is 11.0. The maximum absolute atomic E-state index is 12.2. The van der Waals surface area contributed by atoms with E-state index in [9.17, 15) is 9.59 Å². The van der Waals surface area contributed by atoms with Crippen molar-refractivity contribution < 1.29 is 9.59 Å². The molecule has 0 atom stereocenters. The van der Waals surface area contributed by atoms with E-state index in [-0.39, 0.29) is 11.8 Å². The lowest BCUT2D eigenvalue weighted by Crippen LogP contribution is -2.25. The predicted molar refractivity (Wildman–Crippen MR) is 76.7 cm³/mol. The van der Waals surface area contributed by atoms with Crippen molar-refractivity contribution in [2.24, 2.45) is 5.92 Å². The summed E-state index contributed by atoms with van der Waals surface area (Å²) in [6, 6.07) is 7.52. The zero-order valence-electron chi connectivity index (χ0n) is 11.0. The second kappa shape index (κ2) is 6.88. The standard InChI is InChI=1S/C16H19NO2/c18-12-6-10-13-7-4-5-11-15(13)17-16(19)14-8-2-1-3-9-14/h4-7,10-12,14H,1-3,8-9H2,(H,17,19)/b10-6+. The van der Waals surface area contributed by atoms with E-state index in [0.717, 1.165) is 43.2 Å². The number of rotatable bonds is 4. The van der Waals surface area contributed by atoms with Crippen molar-refractivity contribution in [2.75, 3.05) is 5.32 Å². The molecular weight excluding hydrogens is 238 g/mol. The Morgan fingerprint density at radius 1 is 1.16 bits per heavy atom. The minimum atomic E-state index is 0.103. The van der Waals surface area contributed by atoms with Crippen LogP contribution in [-0.2, 0) is 9.59 Å². The highest BCUT2D eigenvalue weighted by molar-refractivity contribution is 5.95. The molecule has 0 unspecified atom stereocenters. The first-order chi connectivity index (χ1) is 9.31. The summed E-state index contributed by atoms with van der Waals surface area (Å²) < 4.78 is 0. The number of hydrogen-bond acceptors (Lipinski definition) is 2. The molecule has 0 aliphatic heterocycles. The fourth-order valence-corrected chi connectivity index (χ4v) is 2.50. The molecule has 0 bridgehead atoms. The fraction of sp³-hybridized carbons (Fsp3) is 0.375. The Labute approximate surface area is 113 Å². The van der Waals surface area contributed by atoms with Gasteiger partial charge in [-0.25, -0.2) is 0 Å². The lowest BCUT2D eigenvalue weighted by atomic mass is 9.88. The fourth-order valence-electron chi connectivity index (χ4n) is 2.50. The summed E-state index contributed by atoms with van der Waals surface area (Å²) in [7, 11) is 0. The Morgan fingerprint density at radius 3 is 2.63 bits per heavy atom. The summed E-state index contributed by atoms with van der Waals surface area (Å²) >= 11 is 0. The van der Waals surface area contributed by atoms with E-state index in [1.807, 2.05) is 24.3 Å². The molecule has 100 valence electrons. The number of anilines is 1. The molecule has 1 N–H and O–H groups in total. The van der Waals surface area contributed by atoms with E-state index in [4.69, 9.17) is 0 Å². The molecule has 0 aromatic heterocycles. The quantitative estimate of drug-likeness (QED) is 0.663. The molecule has 1 aromatic rings. The van der Waals surface area contributed by atoms with Gasteiger partial charge in [0, 0.05) is 11.6 Å². The first-order valence-electron chi connectivity index (χ1n) is 6.83. The Morgan fingerprint density at radius 2 is 1.89 bits per heavy atom. The molecule has 19 heavy (non-hydrogen) atoms. The number of carbonyl (C=O) groups is 2. The molecule has 1 fully saturated rings. The van der Waals surface area contributed by atoms with Crippen molar-refractivity contribution >= 4 is 24.0 Å². The average molecular weight is 257 g/mol. The average Bonchev–Trinajstić information content (AvgIpc) is 2.47. The summed E-state index contributed by atoms with van der Waals surface area (Å²) in [5.74, 6) is 0.239. The van der Waals surface area contributed by atoms with E-state index >= 15 is 0 Å². The predicted octanol–water partition coefficient (Wildman–Crippen LogP) is 3.42. The SMILES string of the molecule is O=C/C=C/c1ccccc1NC(=O)C1CCCCC1. The van der Waals surface area contributed by atoms with E-state index in [0.29, 0.717) is 0 Å². The Kier molecular flexibility index (Phi) is 4.90. The minimum Gasteiger partial charge on any atom is -0.325 e. The summed E-state index contributed by atoms with van der Waals surface area (Å²) in [5.41, 5.74) is 1.63. The van der Waals surface area contributed by atoms with Gasteiger partial charge in [-0.05, 0) is 36.6 Å². The van der Waals surface area contributed by atoms with Gasteiger partial charge in [-0.3, -0.25) is 9.59 Å². The van der Waals surface area contributed by atoms with E-state index in [1.54, 1.807) is 6.08 Å². The minimum absolute atomic E-state index is 0.103. The normalized spacial score (nSPS) is 16.4. The van der Waals surface area contributed by atoms with Crippen molar-refractivity contribution in [1.82, 2.24) is 0 Å². The molecule has 1 aliphatic rings. The lowest BCUT2D eigenvalue weighted by molar-refractivity contribution is -0.120. The maximum Gasteiger partial charge on any atom is 0.227 e. The smallest absolute Gasteiger partial charge is 0.227 e. The first kappa shape index (κ1) is 13.5. The number of allylic oxidation sites excluding steroid dienone is 1. The van der Waals surface area contributed by atoms with Crippen LogP contribution in [0.2, 0.25) is 0 Å². The van der Waals surface area contributed by atoms with Crippen LogP contribution >= 0.6 is 0 Å². The van der Waals surface area contributed by atoms with Crippen LogP contribution in [0, 0.1) is 5.92 Å². The van der Waals surface area contributed by atoms with Crippen LogP contribution in [0.5, 0.6) is 0 Å². The van der Waals surface area contributed by atoms with Gasteiger partial charge in [-0.1, -0.05) is 37.5 Å². The molecule has 1 aromatic carbocycles. The molecule has 3 heteroatoms. The monoisotopic (exact) mass is 257 g/mol. The highest BCUT2D eigenvalue weighted by atomic mass is 16.1.